The van der Waals surface area contributed by atoms with Crippen LogP contribution >= 0.6 is 0 Å². The topological polar surface area (TPSA) is 75.7 Å². The normalized spacial score (nSPS) is 19.0. The number of hydrogen-bond donors (Lipinski definition) is 1. The van der Waals surface area contributed by atoms with E-state index in [-0.39, 0.29) is 29.3 Å². The van der Waals surface area contributed by atoms with Crippen molar-refractivity contribution < 1.29 is 17.9 Å². The fourth-order valence-corrected chi connectivity index (χ4v) is 4.97. The third-order valence-corrected chi connectivity index (χ3v) is 6.99. The minimum Gasteiger partial charge on any atom is -0.497 e. The smallest absolute Gasteiger partial charge is 0.243 e. The molecule has 1 amide bonds. The lowest BCUT2D eigenvalue weighted by Gasteiger charge is -2.32. The van der Waals surface area contributed by atoms with Crippen molar-refractivity contribution >= 4 is 15.9 Å². The molecule has 1 aliphatic rings. The van der Waals surface area contributed by atoms with Crippen molar-refractivity contribution in [3.8, 4) is 5.75 Å². The molecular weight excluding hydrogens is 376 g/mol. The van der Waals surface area contributed by atoms with Crippen molar-refractivity contribution in [3.63, 3.8) is 0 Å². The van der Waals surface area contributed by atoms with Crippen LogP contribution in [0.1, 0.15) is 31.4 Å². The van der Waals surface area contributed by atoms with Gasteiger partial charge in [0, 0.05) is 13.1 Å². The third kappa shape index (κ3) is 4.54. The van der Waals surface area contributed by atoms with Gasteiger partial charge in [-0.3, -0.25) is 4.79 Å². The van der Waals surface area contributed by atoms with Crippen molar-refractivity contribution in [2.45, 2.75) is 30.7 Å². The van der Waals surface area contributed by atoms with Gasteiger partial charge in [0.2, 0.25) is 15.9 Å². The number of nitrogens with zero attached hydrogens (tertiary/aromatic N) is 1. The van der Waals surface area contributed by atoms with Crippen LogP contribution in [0.3, 0.4) is 0 Å². The van der Waals surface area contributed by atoms with Gasteiger partial charge >= 0.3 is 0 Å². The Kier molecular flexibility index (Phi) is 6.36. The van der Waals surface area contributed by atoms with E-state index in [1.54, 1.807) is 37.4 Å². The first kappa shape index (κ1) is 20.4. The molecule has 150 valence electrons. The number of carbonyl (C=O) groups is 1. The number of piperidine rings is 1. The highest BCUT2D eigenvalue weighted by molar-refractivity contribution is 7.89. The summed E-state index contributed by atoms with van der Waals surface area (Å²) in [4.78, 5) is 13.0. The van der Waals surface area contributed by atoms with E-state index in [9.17, 15) is 13.2 Å². The van der Waals surface area contributed by atoms with E-state index in [0.717, 1.165) is 11.3 Å². The number of amides is 1. The predicted molar refractivity (Wildman–Crippen MR) is 107 cm³/mol. The van der Waals surface area contributed by atoms with Crippen LogP contribution in [0.15, 0.2) is 59.5 Å². The fraction of sp³-hybridized carbons (Fsp3) is 0.381. The Balaban J connectivity index is 1.65. The first-order chi connectivity index (χ1) is 13.4. The van der Waals surface area contributed by atoms with Gasteiger partial charge in [-0.1, -0.05) is 30.3 Å². The molecule has 28 heavy (non-hydrogen) atoms. The van der Waals surface area contributed by atoms with Crippen LogP contribution in [0, 0.1) is 5.92 Å². The van der Waals surface area contributed by atoms with Gasteiger partial charge in [0.15, 0.2) is 0 Å². The molecule has 6 nitrogen and oxygen atoms in total. The van der Waals surface area contributed by atoms with Gasteiger partial charge in [0.25, 0.3) is 0 Å². The molecule has 3 rings (SSSR count). The molecule has 1 saturated heterocycles. The molecule has 1 heterocycles. The molecule has 0 saturated carbocycles. The largest absolute Gasteiger partial charge is 0.497 e. The summed E-state index contributed by atoms with van der Waals surface area (Å²) in [5.41, 5.74) is 0.971. The number of hydrogen-bond acceptors (Lipinski definition) is 4. The van der Waals surface area contributed by atoms with Gasteiger partial charge in [-0.25, -0.2) is 8.42 Å². The van der Waals surface area contributed by atoms with Crippen LogP contribution in [0.25, 0.3) is 0 Å². The molecule has 7 heteroatoms. The Morgan fingerprint density at radius 1 is 1.14 bits per heavy atom. The first-order valence-corrected chi connectivity index (χ1v) is 10.9. The maximum atomic E-state index is 12.8. The molecule has 1 aliphatic heterocycles. The zero-order chi connectivity index (χ0) is 20.1. The third-order valence-electron chi connectivity index (χ3n) is 5.11. The number of ether oxygens (including phenoxy) is 1. The number of nitrogens with one attached hydrogen (secondary N) is 1. The number of methoxy groups -OCH3 is 1. The van der Waals surface area contributed by atoms with E-state index in [0.29, 0.717) is 19.4 Å². The van der Waals surface area contributed by atoms with Crippen molar-refractivity contribution in [3.05, 3.63) is 60.2 Å². The SMILES string of the molecule is COc1ccc([C@@H](C)NC(=O)[C@@H]2CCCN(S(=O)(=O)c3ccccc3)C2)cc1. The molecule has 1 N–H and O–H groups in total. The molecule has 0 bridgehead atoms. The van der Waals surface area contributed by atoms with E-state index in [1.807, 2.05) is 31.2 Å². The maximum absolute atomic E-state index is 12.8. The lowest BCUT2D eigenvalue weighted by atomic mass is 9.98. The standard InChI is InChI=1S/C21H26N2O4S/c1-16(17-10-12-19(27-2)13-11-17)22-21(24)18-7-6-14-23(15-18)28(25,26)20-8-4-3-5-9-20/h3-5,8-13,16,18H,6-7,14-15H2,1-2H3,(H,22,24)/t16-,18-/m1/s1. The van der Waals surface area contributed by atoms with Gasteiger partial charge in [-0.05, 0) is 49.6 Å². The summed E-state index contributed by atoms with van der Waals surface area (Å²) in [5, 5.41) is 3.01. The molecule has 0 unspecified atom stereocenters. The van der Waals surface area contributed by atoms with Crippen LogP contribution in [0.4, 0.5) is 0 Å². The zero-order valence-electron chi connectivity index (χ0n) is 16.2. The zero-order valence-corrected chi connectivity index (χ0v) is 17.0. The van der Waals surface area contributed by atoms with Gasteiger partial charge in [-0.2, -0.15) is 4.31 Å². The summed E-state index contributed by atoms with van der Waals surface area (Å²) in [6.07, 6.45) is 1.35. The van der Waals surface area contributed by atoms with Gasteiger partial charge in [0.05, 0.1) is 24.0 Å². The second-order valence-corrected chi connectivity index (χ2v) is 8.96. The molecule has 2 atom stereocenters. The lowest BCUT2D eigenvalue weighted by Crippen LogP contribution is -2.45. The predicted octanol–water partition coefficient (Wildman–Crippen LogP) is 2.97. The summed E-state index contributed by atoms with van der Waals surface area (Å²) >= 11 is 0. The van der Waals surface area contributed by atoms with Crippen molar-refractivity contribution in [2.75, 3.05) is 20.2 Å². The summed E-state index contributed by atoms with van der Waals surface area (Å²) in [6.45, 7) is 2.56. The van der Waals surface area contributed by atoms with E-state index in [1.165, 1.54) is 4.31 Å². The summed E-state index contributed by atoms with van der Waals surface area (Å²) in [7, 11) is -1.97. The molecule has 0 aromatic heterocycles. The summed E-state index contributed by atoms with van der Waals surface area (Å²) < 4.78 is 32.3. The van der Waals surface area contributed by atoms with Gasteiger partial charge in [0.1, 0.15) is 5.75 Å². The van der Waals surface area contributed by atoms with E-state index in [4.69, 9.17) is 4.74 Å². The minimum atomic E-state index is -3.58. The maximum Gasteiger partial charge on any atom is 0.243 e. The van der Waals surface area contributed by atoms with Crippen molar-refractivity contribution in [1.29, 1.82) is 0 Å². The molecule has 0 spiro atoms. The van der Waals surface area contributed by atoms with Crippen LogP contribution in [-0.2, 0) is 14.8 Å². The number of sulfonamides is 1. The highest BCUT2D eigenvalue weighted by atomic mass is 32.2. The van der Waals surface area contributed by atoms with E-state index in [2.05, 4.69) is 5.32 Å². The molecule has 2 aromatic carbocycles. The average molecular weight is 403 g/mol. The highest BCUT2D eigenvalue weighted by Crippen LogP contribution is 2.25. The molecule has 2 aromatic rings. The Bertz CT molecular complexity index is 898. The van der Waals surface area contributed by atoms with E-state index >= 15 is 0 Å². The quantitative estimate of drug-likeness (QED) is 0.806. The number of rotatable bonds is 6. The number of benzene rings is 2. The lowest BCUT2D eigenvalue weighted by molar-refractivity contribution is -0.126. The molecule has 0 aliphatic carbocycles. The Hall–Kier alpha value is -2.38. The highest BCUT2D eigenvalue weighted by Gasteiger charge is 2.33. The first-order valence-electron chi connectivity index (χ1n) is 9.41. The van der Waals surface area contributed by atoms with Gasteiger partial charge in [-0.15, -0.1) is 0 Å². The second kappa shape index (κ2) is 8.75. The van der Waals surface area contributed by atoms with Crippen LogP contribution < -0.4 is 10.1 Å². The summed E-state index contributed by atoms with van der Waals surface area (Å²) in [5.74, 6) is 0.292. The molecule has 0 radical (unpaired) electrons. The monoisotopic (exact) mass is 402 g/mol. The van der Waals surface area contributed by atoms with E-state index < -0.39 is 10.0 Å². The Labute approximate surface area is 166 Å². The van der Waals surface area contributed by atoms with Gasteiger partial charge < -0.3 is 10.1 Å². The van der Waals surface area contributed by atoms with Crippen LogP contribution in [0.2, 0.25) is 0 Å². The van der Waals surface area contributed by atoms with Crippen LogP contribution in [-0.4, -0.2) is 38.8 Å². The Morgan fingerprint density at radius 2 is 1.82 bits per heavy atom. The minimum absolute atomic E-state index is 0.115. The molecule has 1 fully saturated rings. The number of carbonyl (C=O) groups excluding carboxylic acids is 1. The Morgan fingerprint density at radius 3 is 2.46 bits per heavy atom. The fourth-order valence-electron chi connectivity index (χ4n) is 3.42. The van der Waals surface area contributed by atoms with Crippen molar-refractivity contribution in [2.24, 2.45) is 5.92 Å². The van der Waals surface area contributed by atoms with Crippen molar-refractivity contribution in [1.82, 2.24) is 9.62 Å². The summed E-state index contributed by atoms with van der Waals surface area (Å²) in [6, 6.07) is 15.7. The average Bonchev–Trinajstić information content (AvgIpc) is 2.74. The second-order valence-electron chi connectivity index (χ2n) is 7.02. The van der Waals surface area contributed by atoms with Crippen LogP contribution in [0.5, 0.6) is 5.75 Å². The molecular formula is C21H26N2O4S.